The fourth-order valence-electron chi connectivity index (χ4n) is 0.258. The number of hydrogen-bond acceptors (Lipinski definition) is 3. The Labute approximate surface area is 64.2 Å². The molecule has 2 atom stereocenters. The van der Waals surface area contributed by atoms with Gasteiger partial charge < -0.3 is 9.84 Å². The Morgan fingerprint density at radius 3 is 2.70 bits per heavy atom. The third-order valence-corrected chi connectivity index (χ3v) is 1.23. The lowest BCUT2D eigenvalue weighted by molar-refractivity contribution is -0.142. The molecule has 10 heavy (non-hydrogen) atoms. The van der Waals surface area contributed by atoms with Crippen LogP contribution in [0.4, 0.5) is 0 Å². The van der Waals surface area contributed by atoms with Crippen LogP contribution in [0.1, 0.15) is 6.92 Å². The Balaban J connectivity index is 3.67. The second-order valence-electron chi connectivity index (χ2n) is 1.73. The maximum absolute atomic E-state index is 10.4. The number of alkyl halides is 1. The standard InChI is InChI=1S/C6H9ClO3/c1-3-5(9)10-6(7)4(2)8/h3-4,6,8H,1H2,2H3. The Kier molecular flexibility index (Phi) is 4.07. The molecule has 3 nitrogen and oxygen atoms in total. The van der Waals surface area contributed by atoms with Gasteiger partial charge >= 0.3 is 5.97 Å². The summed E-state index contributed by atoms with van der Waals surface area (Å²) in [5.74, 6) is -0.638. The first-order valence-electron chi connectivity index (χ1n) is 2.73. The van der Waals surface area contributed by atoms with Crippen molar-refractivity contribution in [2.75, 3.05) is 0 Å². The normalized spacial score (nSPS) is 15.5. The molecule has 0 amide bonds. The lowest BCUT2D eigenvalue weighted by Crippen LogP contribution is -2.22. The molecule has 2 unspecified atom stereocenters. The molecule has 0 radical (unpaired) electrons. The first-order valence-corrected chi connectivity index (χ1v) is 3.16. The topological polar surface area (TPSA) is 46.5 Å². The highest BCUT2D eigenvalue weighted by molar-refractivity contribution is 6.20. The van der Waals surface area contributed by atoms with E-state index in [4.69, 9.17) is 16.7 Å². The number of carbonyl (C=O) groups excluding carboxylic acids is 1. The van der Waals surface area contributed by atoms with E-state index in [2.05, 4.69) is 11.3 Å². The van der Waals surface area contributed by atoms with E-state index in [-0.39, 0.29) is 0 Å². The monoisotopic (exact) mass is 164 g/mol. The van der Waals surface area contributed by atoms with Crippen LogP contribution in [0.3, 0.4) is 0 Å². The smallest absolute Gasteiger partial charge is 0.331 e. The van der Waals surface area contributed by atoms with Gasteiger partial charge in [-0.2, -0.15) is 0 Å². The van der Waals surface area contributed by atoms with Crippen molar-refractivity contribution in [2.24, 2.45) is 0 Å². The van der Waals surface area contributed by atoms with E-state index >= 15 is 0 Å². The van der Waals surface area contributed by atoms with Crippen molar-refractivity contribution in [3.63, 3.8) is 0 Å². The van der Waals surface area contributed by atoms with Crippen molar-refractivity contribution in [2.45, 2.75) is 18.6 Å². The van der Waals surface area contributed by atoms with Crippen molar-refractivity contribution < 1.29 is 14.6 Å². The van der Waals surface area contributed by atoms with Crippen LogP contribution in [0.15, 0.2) is 12.7 Å². The van der Waals surface area contributed by atoms with Gasteiger partial charge in [0.2, 0.25) is 5.56 Å². The van der Waals surface area contributed by atoms with E-state index < -0.39 is 17.6 Å². The largest absolute Gasteiger partial charge is 0.440 e. The third-order valence-electron chi connectivity index (χ3n) is 0.775. The summed E-state index contributed by atoms with van der Waals surface area (Å²) in [7, 11) is 0. The van der Waals surface area contributed by atoms with Crippen molar-refractivity contribution in [3.8, 4) is 0 Å². The lowest BCUT2D eigenvalue weighted by Gasteiger charge is -2.11. The summed E-state index contributed by atoms with van der Waals surface area (Å²) in [5, 5.41) is 8.72. The fraction of sp³-hybridized carbons (Fsp3) is 0.500. The second-order valence-corrected chi connectivity index (χ2v) is 2.16. The van der Waals surface area contributed by atoms with Gasteiger partial charge in [0.25, 0.3) is 0 Å². The van der Waals surface area contributed by atoms with Crippen LogP contribution in [0.2, 0.25) is 0 Å². The van der Waals surface area contributed by atoms with Gasteiger partial charge in [0.05, 0.1) is 0 Å². The molecule has 0 aliphatic rings. The second kappa shape index (κ2) is 4.30. The Bertz CT molecular complexity index is 133. The predicted octanol–water partition coefficient (Wildman–Crippen LogP) is 0.661. The van der Waals surface area contributed by atoms with E-state index in [0.29, 0.717) is 0 Å². The minimum atomic E-state index is -0.995. The molecule has 0 rings (SSSR count). The maximum atomic E-state index is 10.4. The van der Waals surface area contributed by atoms with Crippen LogP contribution in [0.25, 0.3) is 0 Å². The van der Waals surface area contributed by atoms with Crippen LogP contribution >= 0.6 is 11.6 Å². The maximum Gasteiger partial charge on any atom is 0.331 e. The zero-order valence-corrected chi connectivity index (χ0v) is 6.34. The summed E-state index contributed by atoms with van der Waals surface area (Å²) in [6.07, 6.45) is 0.114. The first-order chi connectivity index (χ1) is 4.57. The number of rotatable bonds is 3. The van der Waals surface area contributed by atoms with E-state index in [1.807, 2.05) is 0 Å². The number of esters is 1. The molecule has 0 saturated heterocycles. The molecule has 0 bridgehead atoms. The minimum Gasteiger partial charge on any atom is -0.440 e. The fourth-order valence-corrected chi connectivity index (χ4v) is 0.345. The zero-order chi connectivity index (χ0) is 8.15. The molecule has 0 aromatic rings. The Morgan fingerprint density at radius 1 is 1.90 bits per heavy atom. The van der Waals surface area contributed by atoms with Gasteiger partial charge in [0.1, 0.15) is 6.10 Å². The molecule has 58 valence electrons. The third kappa shape index (κ3) is 3.48. The van der Waals surface area contributed by atoms with Gasteiger partial charge in [-0.1, -0.05) is 18.2 Å². The predicted molar refractivity (Wildman–Crippen MR) is 37.6 cm³/mol. The molecule has 0 heterocycles. The van der Waals surface area contributed by atoms with Crippen molar-refractivity contribution in [1.82, 2.24) is 0 Å². The van der Waals surface area contributed by atoms with Gasteiger partial charge in [-0.15, -0.1) is 0 Å². The average molecular weight is 165 g/mol. The summed E-state index contributed by atoms with van der Waals surface area (Å²) in [5.41, 5.74) is -0.995. The van der Waals surface area contributed by atoms with E-state index in [0.717, 1.165) is 6.08 Å². The molecular weight excluding hydrogens is 156 g/mol. The SMILES string of the molecule is C=CC(=O)OC(Cl)C(C)O. The summed E-state index contributed by atoms with van der Waals surface area (Å²) < 4.78 is 4.42. The van der Waals surface area contributed by atoms with E-state index in [9.17, 15) is 4.79 Å². The minimum absolute atomic E-state index is 0.638. The van der Waals surface area contributed by atoms with Gasteiger partial charge in [-0.25, -0.2) is 4.79 Å². The lowest BCUT2D eigenvalue weighted by atomic mass is 10.4. The number of carbonyl (C=O) groups is 1. The van der Waals surface area contributed by atoms with Crippen molar-refractivity contribution in [1.29, 1.82) is 0 Å². The number of ether oxygens (including phenoxy) is 1. The molecule has 0 fully saturated rings. The summed E-state index contributed by atoms with van der Waals surface area (Å²) in [6, 6.07) is 0. The molecule has 0 aromatic heterocycles. The highest BCUT2D eigenvalue weighted by atomic mass is 35.5. The molecule has 0 aliphatic carbocycles. The zero-order valence-electron chi connectivity index (χ0n) is 5.58. The number of aliphatic hydroxyl groups excluding tert-OH is 1. The molecule has 0 aromatic carbocycles. The van der Waals surface area contributed by atoms with Crippen LogP contribution in [0.5, 0.6) is 0 Å². The average Bonchev–Trinajstić information content (AvgIpc) is 1.87. The van der Waals surface area contributed by atoms with Crippen LogP contribution in [-0.4, -0.2) is 22.7 Å². The van der Waals surface area contributed by atoms with Gasteiger partial charge in [0, 0.05) is 6.08 Å². The Morgan fingerprint density at radius 2 is 2.40 bits per heavy atom. The molecule has 0 saturated carbocycles. The van der Waals surface area contributed by atoms with Gasteiger partial charge in [0.15, 0.2) is 0 Å². The molecule has 0 spiro atoms. The Hall–Kier alpha value is -0.540. The van der Waals surface area contributed by atoms with E-state index in [1.54, 1.807) is 0 Å². The summed E-state index contributed by atoms with van der Waals surface area (Å²) >= 11 is 5.35. The number of aliphatic hydroxyl groups is 1. The molecule has 1 N–H and O–H groups in total. The summed E-state index contributed by atoms with van der Waals surface area (Å²) in [4.78, 5) is 10.4. The van der Waals surface area contributed by atoms with Crippen LogP contribution in [0, 0.1) is 0 Å². The molecular formula is C6H9ClO3. The summed E-state index contributed by atoms with van der Waals surface area (Å²) in [6.45, 7) is 4.58. The quantitative estimate of drug-likeness (QED) is 0.379. The number of hydrogen-bond donors (Lipinski definition) is 1. The molecule has 4 heteroatoms. The number of halogens is 1. The highest BCUT2D eigenvalue weighted by Gasteiger charge is 2.13. The van der Waals surface area contributed by atoms with Crippen molar-refractivity contribution >= 4 is 17.6 Å². The highest BCUT2D eigenvalue weighted by Crippen LogP contribution is 2.04. The van der Waals surface area contributed by atoms with Gasteiger partial charge in [-0.3, -0.25) is 0 Å². The molecule has 0 aliphatic heterocycles. The van der Waals surface area contributed by atoms with E-state index in [1.165, 1.54) is 6.92 Å². The van der Waals surface area contributed by atoms with Crippen LogP contribution < -0.4 is 0 Å². The van der Waals surface area contributed by atoms with Crippen LogP contribution in [-0.2, 0) is 9.53 Å². The first kappa shape index (κ1) is 9.46. The van der Waals surface area contributed by atoms with Gasteiger partial charge in [-0.05, 0) is 6.92 Å². The van der Waals surface area contributed by atoms with Crippen molar-refractivity contribution in [3.05, 3.63) is 12.7 Å².